The van der Waals surface area contributed by atoms with Crippen LogP contribution in [0.3, 0.4) is 0 Å². The zero-order chi connectivity index (χ0) is 15.6. The third-order valence-electron chi connectivity index (χ3n) is 3.79. The van der Waals surface area contributed by atoms with E-state index < -0.39 is 11.9 Å². The lowest BCUT2D eigenvalue weighted by molar-refractivity contribution is -0.141. The number of pyridine rings is 1. The number of halogens is 3. The molecule has 1 unspecified atom stereocenters. The van der Waals surface area contributed by atoms with E-state index in [1.807, 2.05) is 18.9 Å². The largest absolute Gasteiger partial charge is 0.433 e. The van der Waals surface area contributed by atoms with Gasteiger partial charge in [-0.25, -0.2) is 4.98 Å². The van der Waals surface area contributed by atoms with E-state index in [2.05, 4.69) is 9.88 Å². The molecule has 1 aliphatic rings. The maximum atomic E-state index is 12.9. The molecule has 4 nitrogen and oxygen atoms in total. The van der Waals surface area contributed by atoms with Gasteiger partial charge in [-0.2, -0.15) is 13.2 Å². The van der Waals surface area contributed by atoms with Crippen LogP contribution in [0.5, 0.6) is 0 Å². The number of hydrogen-bond acceptors (Lipinski definition) is 4. The van der Waals surface area contributed by atoms with Gasteiger partial charge in [0.05, 0.1) is 0 Å². The van der Waals surface area contributed by atoms with Crippen molar-refractivity contribution in [3.05, 3.63) is 23.4 Å². The lowest BCUT2D eigenvalue weighted by Crippen LogP contribution is -2.39. The molecule has 0 bridgehead atoms. The van der Waals surface area contributed by atoms with Crippen molar-refractivity contribution in [2.75, 3.05) is 31.6 Å². The molecule has 118 valence electrons. The Bertz CT molecular complexity index is 490. The number of anilines is 1. The van der Waals surface area contributed by atoms with Crippen LogP contribution < -0.4 is 10.6 Å². The van der Waals surface area contributed by atoms with Gasteiger partial charge in [0, 0.05) is 31.2 Å². The van der Waals surface area contributed by atoms with Crippen LogP contribution in [0.15, 0.2) is 12.1 Å². The molecular weight excluding hydrogens is 281 g/mol. The van der Waals surface area contributed by atoms with Gasteiger partial charge in [0.2, 0.25) is 0 Å². The molecule has 0 radical (unpaired) electrons. The first-order valence-electron chi connectivity index (χ1n) is 7.05. The molecule has 0 aromatic carbocycles. The highest BCUT2D eigenvalue weighted by atomic mass is 19.4. The molecule has 0 saturated carbocycles. The number of likely N-dealkylation sites (N-methyl/N-ethyl adjacent to an activating group) is 1. The number of aromatic nitrogens is 1. The molecule has 1 atom stereocenters. The van der Waals surface area contributed by atoms with Crippen LogP contribution in [0.25, 0.3) is 0 Å². The molecule has 0 amide bonds. The normalized spacial score (nSPS) is 21.4. The van der Waals surface area contributed by atoms with Gasteiger partial charge in [-0.05, 0) is 33.0 Å². The number of hydrogen-bond donors (Lipinski definition) is 1. The summed E-state index contributed by atoms with van der Waals surface area (Å²) in [5.41, 5.74) is 5.46. The van der Waals surface area contributed by atoms with Crippen LogP contribution in [0, 0.1) is 0 Å². The summed E-state index contributed by atoms with van der Waals surface area (Å²) in [6.07, 6.45) is -3.55. The topological polar surface area (TPSA) is 45.4 Å². The van der Waals surface area contributed by atoms with Crippen LogP contribution in [0.4, 0.5) is 19.0 Å². The number of alkyl halides is 3. The van der Waals surface area contributed by atoms with Crippen LogP contribution in [0.2, 0.25) is 0 Å². The summed E-state index contributed by atoms with van der Waals surface area (Å²) in [5.74, 6) is 0.370. The Labute approximate surface area is 122 Å². The van der Waals surface area contributed by atoms with Crippen molar-refractivity contribution in [1.29, 1.82) is 0 Å². The maximum Gasteiger partial charge on any atom is 0.433 e. The smallest absolute Gasteiger partial charge is 0.352 e. The first-order chi connectivity index (χ1) is 9.82. The molecule has 1 saturated heterocycles. The molecule has 1 aromatic rings. The van der Waals surface area contributed by atoms with Gasteiger partial charge >= 0.3 is 6.18 Å². The second kappa shape index (κ2) is 6.19. The Hall–Kier alpha value is -1.34. The van der Waals surface area contributed by atoms with Gasteiger partial charge in [-0.15, -0.1) is 0 Å². The second-order valence-corrected chi connectivity index (χ2v) is 5.54. The van der Waals surface area contributed by atoms with Crippen molar-refractivity contribution < 1.29 is 13.2 Å². The standard InChI is InChI=1S/C14H21F3N4/c1-10-9-20(2)6-3-7-21(10)13-11(8-18)4-5-12(19-13)14(15,16)17/h4-5,10H,3,6-9,18H2,1-2H3. The van der Waals surface area contributed by atoms with Crippen molar-refractivity contribution in [2.45, 2.75) is 32.1 Å². The second-order valence-electron chi connectivity index (χ2n) is 5.54. The van der Waals surface area contributed by atoms with Crippen LogP contribution >= 0.6 is 0 Å². The van der Waals surface area contributed by atoms with E-state index in [1.165, 1.54) is 6.07 Å². The van der Waals surface area contributed by atoms with Crippen LogP contribution in [-0.2, 0) is 12.7 Å². The zero-order valence-electron chi connectivity index (χ0n) is 12.3. The monoisotopic (exact) mass is 302 g/mol. The molecule has 2 heterocycles. The molecular formula is C14H21F3N4. The number of nitrogens with two attached hydrogens (primary N) is 1. The Morgan fingerprint density at radius 3 is 2.67 bits per heavy atom. The predicted molar refractivity (Wildman–Crippen MR) is 76.1 cm³/mol. The highest BCUT2D eigenvalue weighted by Gasteiger charge is 2.34. The molecule has 0 aliphatic carbocycles. The fourth-order valence-electron chi connectivity index (χ4n) is 2.73. The van der Waals surface area contributed by atoms with Crippen LogP contribution in [-0.4, -0.2) is 42.6 Å². The first kappa shape index (κ1) is 16.0. The van der Waals surface area contributed by atoms with Crippen molar-refractivity contribution in [2.24, 2.45) is 5.73 Å². The van der Waals surface area contributed by atoms with Gasteiger partial charge in [-0.1, -0.05) is 6.07 Å². The predicted octanol–water partition coefficient (Wildman–Crippen LogP) is 2.09. The lowest BCUT2D eigenvalue weighted by Gasteiger charge is -2.31. The minimum Gasteiger partial charge on any atom is -0.352 e. The quantitative estimate of drug-likeness (QED) is 0.908. The van der Waals surface area contributed by atoms with Crippen molar-refractivity contribution in [3.63, 3.8) is 0 Å². The van der Waals surface area contributed by atoms with Gasteiger partial charge < -0.3 is 15.5 Å². The molecule has 1 aromatic heterocycles. The van der Waals surface area contributed by atoms with Crippen molar-refractivity contribution in [1.82, 2.24) is 9.88 Å². The van der Waals surface area contributed by atoms with E-state index >= 15 is 0 Å². The average Bonchev–Trinajstić information content (AvgIpc) is 2.57. The summed E-state index contributed by atoms with van der Waals surface area (Å²) in [6.45, 7) is 4.59. The van der Waals surface area contributed by atoms with E-state index in [1.54, 1.807) is 0 Å². The van der Waals surface area contributed by atoms with Gasteiger partial charge in [0.25, 0.3) is 0 Å². The van der Waals surface area contributed by atoms with E-state index in [-0.39, 0.29) is 12.6 Å². The number of nitrogens with zero attached hydrogens (tertiary/aromatic N) is 3. The highest BCUT2D eigenvalue weighted by molar-refractivity contribution is 5.49. The summed E-state index contributed by atoms with van der Waals surface area (Å²) in [7, 11) is 2.02. The summed E-state index contributed by atoms with van der Waals surface area (Å²) < 4.78 is 38.7. The fraction of sp³-hybridized carbons (Fsp3) is 0.643. The third-order valence-corrected chi connectivity index (χ3v) is 3.79. The fourth-order valence-corrected chi connectivity index (χ4v) is 2.73. The third kappa shape index (κ3) is 3.65. The van der Waals surface area contributed by atoms with E-state index in [4.69, 9.17) is 5.73 Å². The highest BCUT2D eigenvalue weighted by Crippen LogP contribution is 2.31. The first-order valence-corrected chi connectivity index (χ1v) is 7.05. The van der Waals surface area contributed by atoms with Crippen LogP contribution in [0.1, 0.15) is 24.6 Å². The molecule has 21 heavy (non-hydrogen) atoms. The Morgan fingerprint density at radius 1 is 1.33 bits per heavy atom. The lowest BCUT2D eigenvalue weighted by atomic mass is 10.1. The average molecular weight is 302 g/mol. The maximum absolute atomic E-state index is 12.9. The minimum absolute atomic E-state index is 0.0961. The Kier molecular flexibility index (Phi) is 4.73. The number of rotatable bonds is 2. The van der Waals surface area contributed by atoms with Crippen molar-refractivity contribution >= 4 is 5.82 Å². The summed E-state index contributed by atoms with van der Waals surface area (Å²) in [5, 5.41) is 0. The Morgan fingerprint density at radius 2 is 2.05 bits per heavy atom. The molecule has 7 heteroatoms. The minimum atomic E-state index is -4.44. The molecule has 2 N–H and O–H groups in total. The molecule has 2 rings (SSSR count). The van der Waals surface area contributed by atoms with E-state index in [0.717, 1.165) is 25.6 Å². The zero-order valence-corrected chi connectivity index (χ0v) is 12.3. The van der Waals surface area contributed by atoms with E-state index in [9.17, 15) is 13.2 Å². The summed E-state index contributed by atoms with van der Waals surface area (Å²) in [4.78, 5) is 7.98. The van der Waals surface area contributed by atoms with E-state index in [0.29, 0.717) is 17.9 Å². The summed E-state index contributed by atoms with van der Waals surface area (Å²) in [6, 6.07) is 2.53. The molecule has 1 fully saturated rings. The van der Waals surface area contributed by atoms with Gasteiger partial charge in [-0.3, -0.25) is 0 Å². The van der Waals surface area contributed by atoms with Gasteiger partial charge in [0.15, 0.2) is 0 Å². The van der Waals surface area contributed by atoms with Gasteiger partial charge in [0.1, 0.15) is 11.5 Å². The van der Waals surface area contributed by atoms with Crippen molar-refractivity contribution in [3.8, 4) is 0 Å². The summed E-state index contributed by atoms with van der Waals surface area (Å²) >= 11 is 0. The molecule has 1 aliphatic heterocycles. The molecule has 0 spiro atoms. The Balaban J connectivity index is 2.40. The SMILES string of the molecule is CC1CN(C)CCCN1c1nc(C(F)(F)F)ccc1CN.